The topological polar surface area (TPSA) is 90.5 Å². The van der Waals surface area contributed by atoms with Gasteiger partial charge in [0.15, 0.2) is 5.82 Å². The molecular weight excluding hydrogens is 350 g/mol. The van der Waals surface area contributed by atoms with Crippen molar-refractivity contribution in [1.29, 1.82) is 0 Å². The smallest absolute Gasteiger partial charge is 0.263 e. The van der Waals surface area contributed by atoms with Crippen molar-refractivity contribution in [3.8, 4) is 0 Å². The number of hydrogen-bond acceptors (Lipinski definition) is 6. The molecule has 1 aliphatic carbocycles. The first-order valence-electron chi connectivity index (χ1n) is 8.60. The lowest BCUT2D eigenvalue weighted by Gasteiger charge is -2.34. The van der Waals surface area contributed by atoms with Crippen LogP contribution < -0.4 is 5.32 Å². The minimum Gasteiger partial charge on any atom is -0.349 e. The van der Waals surface area contributed by atoms with Gasteiger partial charge in [0, 0.05) is 31.4 Å². The molecule has 0 unspecified atom stereocenters. The fourth-order valence-corrected chi connectivity index (χ4v) is 4.17. The molecule has 136 valence electrons. The summed E-state index contributed by atoms with van der Waals surface area (Å²) in [6.07, 6.45) is 7.21. The summed E-state index contributed by atoms with van der Waals surface area (Å²) in [5.74, 6) is 2.20. The highest BCUT2D eigenvalue weighted by molar-refractivity contribution is 7.13. The molecule has 0 radical (unpaired) electrons. The van der Waals surface area contributed by atoms with E-state index in [0.29, 0.717) is 17.3 Å². The van der Waals surface area contributed by atoms with Crippen LogP contribution >= 0.6 is 11.3 Å². The molecule has 0 atom stereocenters. The average molecular weight is 371 g/mol. The number of amides is 1. The van der Waals surface area contributed by atoms with Gasteiger partial charge in [-0.3, -0.25) is 4.79 Å². The van der Waals surface area contributed by atoms with Crippen molar-refractivity contribution in [3.05, 3.63) is 45.9 Å². The number of nitrogens with one attached hydrogen (secondary N) is 1. The van der Waals surface area contributed by atoms with Crippen LogP contribution in [0.3, 0.4) is 0 Å². The molecule has 0 spiro atoms. The van der Waals surface area contributed by atoms with E-state index in [9.17, 15) is 4.79 Å². The molecule has 0 aromatic carbocycles. The zero-order valence-electron chi connectivity index (χ0n) is 15.0. The van der Waals surface area contributed by atoms with E-state index in [1.165, 1.54) is 11.3 Å². The Labute approximate surface area is 155 Å². The second-order valence-electron chi connectivity index (χ2n) is 6.75. The highest BCUT2D eigenvalue weighted by Crippen LogP contribution is 2.36. The second-order valence-corrected chi connectivity index (χ2v) is 7.96. The van der Waals surface area contributed by atoms with Gasteiger partial charge in [-0.25, -0.2) is 9.97 Å². The molecule has 3 heterocycles. The van der Waals surface area contributed by atoms with E-state index in [2.05, 4.69) is 30.0 Å². The van der Waals surface area contributed by atoms with E-state index >= 15 is 0 Å². The van der Waals surface area contributed by atoms with Crippen LogP contribution in [0.1, 0.15) is 50.8 Å². The average Bonchev–Trinajstić information content (AvgIpc) is 3.27. The maximum absolute atomic E-state index is 12.4. The van der Waals surface area contributed by atoms with Gasteiger partial charge in [0.05, 0.1) is 23.6 Å². The summed E-state index contributed by atoms with van der Waals surface area (Å²) >= 11 is 1.45. The molecule has 0 aliphatic heterocycles. The molecular formula is C17H21N7OS. The Morgan fingerprint density at radius 2 is 2.15 bits per heavy atom. The van der Waals surface area contributed by atoms with Gasteiger partial charge < -0.3 is 14.5 Å². The van der Waals surface area contributed by atoms with Gasteiger partial charge in [-0.05, 0) is 26.7 Å². The number of carbonyl (C=O) groups excluding carboxylic acids is 1. The van der Waals surface area contributed by atoms with Gasteiger partial charge in [0.1, 0.15) is 10.7 Å². The monoisotopic (exact) mass is 371 g/mol. The molecule has 0 saturated heterocycles. The Morgan fingerprint density at radius 3 is 2.81 bits per heavy atom. The van der Waals surface area contributed by atoms with Crippen molar-refractivity contribution < 1.29 is 4.79 Å². The van der Waals surface area contributed by atoms with Crippen LogP contribution in [0.2, 0.25) is 0 Å². The lowest BCUT2D eigenvalue weighted by Crippen LogP contribution is -2.44. The fourth-order valence-electron chi connectivity index (χ4n) is 3.35. The molecule has 8 nitrogen and oxygen atoms in total. The third-order valence-corrected chi connectivity index (χ3v) is 5.90. The Bertz CT molecular complexity index is 921. The van der Waals surface area contributed by atoms with Gasteiger partial charge in [-0.15, -0.1) is 21.5 Å². The minimum absolute atomic E-state index is 0.0182. The van der Waals surface area contributed by atoms with Gasteiger partial charge in [-0.1, -0.05) is 0 Å². The van der Waals surface area contributed by atoms with Crippen molar-refractivity contribution in [1.82, 2.24) is 34.6 Å². The van der Waals surface area contributed by atoms with E-state index in [1.54, 1.807) is 12.5 Å². The molecule has 26 heavy (non-hydrogen) atoms. The number of thiazole rings is 1. The normalized spacial score (nSPS) is 19.3. The standard InChI is InChI=1S/C17H21N7OS/c1-10-15(26-11(2)19-10)17(25)20-13-6-12(7-13)16-22-21-14(23(16)3)8-24-5-4-18-9-24/h4-5,9,12-13H,6-8H2,1-3H3,(H,20,25). The molecule has 3 aromatic rings. The van der Waals surface area contributed by atoms with Crippen LogP contribution in [0.4, 0.5) is 0 Å². The molecule has 1 N–H and O–H groups in total. The van der Waals surface area contributed by atoms with Gasteiger partial charge >= 0.3 is 0 Å². The minimum atomic E-state index is -0.0182. The van der Waals surface area contributed by atoms with E-state index < -0.39 is 0 Å². The van der Waals surface area contributed by atoms with Crippen LogP contribution in [0.15, 0.2) is 18.7 Å². The molecule has 1 saturated carbocycles. The molecule has 4 rings (SSSR count). The highest BCUT2D eigenvalue weighted by Gasteiger charge is 2.35. The summed E-state index contributed by atoms with van der Waals surface area (Å²) in [5, 5.41) is 12.7. The fraction of sp³-hybridized carbons (Fsp3) is 0.471. The summed E-state index contributed by atoms with van der Waals surface area (Å²) in [4.78, 5) is 21.5. The number of imidazole rings is 1. The first-order chi connectivity index (χ1) is 12.5. The number of aryl methyl sites for hydroxylation is 2. The SMILES string of the molecule is Cc1nc(C)c(C(=O)NC2CC(c3nnc(Cn4ccnc4)n3C)C2)s1. The van der Waals surface area contributed by atoms with Crippen LogP contribution in [-0.2, 0) is 13.6 Å². The zero-order valence-corrected chi connectivity index (χ0v) is 15.8. The van der Waals surface area contributed by atoms with Crippen molar-refractivity contribution in [2.75, 3.05) is 0 Å². The molecule has 1 amide bonds. The lowest BCUT2D eigenvalue weighted by atomic mass is 9.79. The third kappa shape index (κ3) is 3.14. The predicted molar refractivity (Wildman–Crippen MR) is 97.1 cm³/mol. The number of rotatable bonds is 5. The molecule has 1 fully saturated rings. The number of nitrogens with zero attached hydrogens (tertiary/aromatic N) is 6. The first-order valence-corrected chi connectivity index (χ1v) is 9.41. The van der Waals surface area contributed by atoms with Crippen LogP contribution in [0.25, 0.3) is 0 Å². The van der Waals surface area contributed by atoms with Crippen LogP contribution in [-0.4, -0.2) is 41.2 Å². The van der Waals surface area contributed by atoms with Crippen molar-refractivity contribution in [3.63, 3.8) is 0 Å². The van der Waals surface area contributed by atoms with Crippen molar-refractivity contribution >= 4 is 17.2 Å². The van der Waals surface area contributed by atoms with E-state index in [0.717, 1.165) is 35.2 Å². The summed E-state index contributed by atoms with van der Waals surface area (Å²) < 4.78 is 4.02. The summed E-state index contributed by atoms with van der Waals surface area (Å²) in [6.45, 7) is 4.45. The van der Waals surface area contributed by atoms with Crippen LogP contribution in [0, 0.1) is 13.8 Å². The van der Waals surface area contributed by atoms with Gasteiger partial charge in [-0.2, -0.15) is 0 Å². The third-order valence-electron chi connectivity index (χ3n) is 4.83. The van der Waals surface area contributed by atoms with E-state index in [1.807, 2.05) is 31.7 Å². The number of aromatic nitrogens is 6. The summed E-state index contributed by atoms with van der Waals surface area (Å²) in [7, 11) is 2.00. The zero-order chi connectivity index (χ0) is 18.3. The lowest BCUT2D eigenvalue weighted by molar-refractivity contribution is 0.0910. The Hall–Kier alpha value is -2.55. The molecule has 0 bridgehead atoms. The predicted octanol–water partition coefficient (Wildman–Crippen LogP) is 1.81. The Kier molecular flexibility index (Phi) is 4.31. The van der Waals surface area contributed by atoms with E-state index in [4.69, 9.17) is 0 Å². The largest absolute Gasteiger partial charge is 0.349 e. The molecule has 9 heteroatoms. The summed E-state index contributed by atoms with van der Waals surface area (Å²) in [5.41, 5.74) is 0.804. The maximum Gasteiger partial charge on any atom is 0.263 e. The first kappa shape index (κ1) is 16.9. The number of hydrogen-bond donors (Lipinski definition) is 1. The molecule has 1 aliphatic rings. The number of carbonyl (C=O) groups is 1. The highest BCUT2D eigenvalue weighted by atomic mass is 32.1. The van der Waals surface area contributed by atoms with Crippen molar-refractivity contribution in [2.24, 2.45) is 7.05 Å². The molecule has 3 aromatic heterocycles. The Balaban J connectivity index is 1.35. The van der Waals surface area contributed by atoms with Crippen LogP contribution in [0.5, 0.6) is 0 Å². The quantitative estimate of drug-likeness (QED) is 0.739. The van der Waals surface area contributed by atoms with E-state index in [-0.39, 0.29) is 11.9 Å². The maximum atomic E-state index is 12.4. The second kappa shape index (κ2) is 6.64. The van der Waals surface area contributed by atoms with Crippen molar-refractivity contribution in [2.45, 2.75) is 45.2 Å². The summed E-state index contributed by atoms with van der Waals surface area (Å²) in [6, 6.07) is 0.183. The Morgan fingerprint density at radius 1 is 1.35 bits per heavy atom. The van der Waals surface area contributed by atoms with Gasteiger partial charge in [0.2, 0.25) is 0 Å². The van der Waals surface area contributed by atoms with Gasteiger partial charge in [0.25, 0.3) is 5.91 Å².